The van der Waals surface area contributed by atoms with Crippen molar-refractivity contribution in [2.45, 2.75) is 13.8 Å². The van der Waals surface area contributed by atoms with E-state index in [-0.39, 0.29) is 0 Å². The van der Waals surface area contributed by atoms with Gasteiger partial charge in [0.15, 0.2) is 0 Å². The van der Waals surface area contributed by atoms with Crippen LogP contribution in [-0.4, -0.2) is 0 Å². The van der Waals surface area contributed by atoms with Gasteiger partial charge in [0.25, 0.3) is 0 Å². The highest BCUT2D eigenvalue weighted by molar-refractivity contribution is 6.31. The van der Waals surface area contributed by atoms with E-state index < -0.39 is 0 Å². The summed E-state index contributed by atoms with van der Waals surface area (Å²) in [4.78, 5) is 0. The second-order valence-corrected chi connectivity index (χ2v) is 17.9. The Kier molecular flexibility index (Phi) is 6.86. The summed E-state index contributed by atoms with van der Waals surface area (Å²) >= 11 is 0. The molecule has 0 aromatic heterocycles. The second kappa shape index (κ2) is 12.5. The predicted molar refractivity (Wildman–Crippen MR) is 268 cm³/mol. The summed E-state index contributed by atoms with van der Waals surface area (Å²) in [5.41, 5.74) is 18.1. The molecule has 2 heteroatoms. The topological polar surface area (TPSA) is 47.6 Å². The molecule has 0 radical (unpaired) electrons. The van der Waals surface area contributed by atoms with Gasteiger partial charge in [-0.05, 0) is 240 Å². The molecule has 14 rings (SSSR count). The Morgan fingerprint density at radius 2 is 0.641 bits per heavy atom. The molecule has 2 aliphatic rings. The van der Waals surface area contributed by atoms with Crippen LogP contribution in [0.15, 0.2) is 170 Å². The van der Waals surface area contributed by atoms with Crippen molar-refractivity contribution in [1.29, 1.82) is 10.5 Å². The molecule has 2 nitrogen and oxygen atoms in total. The molecule has 0 saturated heterocycles. The van der Waals surface area contributed by atoms with Gasteiger partial charge in [0.1, 0.15) is 0 Å². The fourth-order valence-electron chi connectivity index (χ4n) is 11.7. The van der Waals surface area contributed by atoms with Crippen molar-refractivity contribution < 1.29 is 0 Å². The van der Waals surface area contributed by atoms with Gasteiger partial charge >= 0.3 is 0 Å². The Balaban J connectivity index is 1.17. The zero-order valence-electron chi connectivity index (χ0n) is 35.1. The molecule has 0 amide bonds. The molecular formula is C62H34N2. The van der Waals surface area contributed by atoms with Crippen LogP contribution < -0.4 is 0 Å². The second-order valence-electron chi connectivity index (χ2n) is 17.9. The lowest BCUT2D eigenvalue weighted by Gasteiger charge is -2.20. The molecule has 0 heterocycles. The fourth-order valence-corrected chi connectivity index (χ4v) is 11.7. The maximum absolute atomic E-state index is 9.95. The molecule has 2 aliphatic carbocycles. The number of aryl methyl sites for hydroxylation is 2. The SMILES string of the molecule is Cc1cc(C#N)ccc1-c1cc2c3cc4c(cc3c(-c3ccc(C#N)cc3C)cc2c2cc3c(cc12)-c1cccc2c1c-3cc1ccccc12)-c1cccc2c1c-4cc1ccccc12. The summed E-state index contributed by atoms with van der Waals surface area (Å²) in [6.07, 6.45) is 0. The van der Waals surface area contributed by atoms with Crippen LogP contribution in [0.4, 0.5) is 0 Å². The van der Waals surface area contributed by atoms with Gasteiger partial charge < -0.3 is 0 Å². The molecule has 292 valence electrons. The first-order valence-corrected chi connectivity index (χ1v) is 21.9. The Labute approximate surface area is 369 Å². The standard InChI is InChI=1S/C62H34N2/c1-33-21-35(31-63)17-19-39(33)47-25-53-54(55-29-57-49(27-51(47)55)45-15-7-13-43-41-11-5-3-9-37(41)23-59(57)61(43)45)26-48(40-20-18-36(32-64)22-34(40)2)52-28-50-46-16-8-14-44-42-12-6-4-10-38(42)24-60(62(44)46)58(50)30-56(52)53/h3-30H,1-2H3. The number of nitriles is 2. The van der Waals surface area contributed by atoms with Crippen LogP contribution in [0.2, 0.25) is 0 Å². The number of rotatable bonds is 2. The molecule has 0 N–H and O–H groups in total. The summed E-state index contributed by atoms with van der Waals surface area (Å²) in [5.74, 6) is 0. The minimum absolute atomic E-state index is 0.658. The van der Waals surface area contributed by atoms with Crippen molar-refractivity contribution in [3.8, 4) is 78.9 Å². The average molecular weight is 807 g/mol. The van der Waals surface area contributed by atoms with E-state index in [0.29, 0.717) is 11.1 Å². The van der Waals surface area contributed by atoms with Crippen LogP contribution in [0.1, 0.15) is 22.3 Å². The van der Waals surface area contributed by atoms with E-state index in [4.69, 9.17) is 0 Å². The van der Waals surface area contributed by atoms with Crippen LogP contribution in [-0.2, 0) is 0 Å². The fraction of sp³-hybridized carbons (Fsp3) is 0.0323. The zero-order valence-corrected chi connectivity index (χ0v) is 35.1. The Morgan fingerprint density at radius 3 is 1.08 bits per heavy atom. The van der Waals surface area contributed by atoms with E-state index in [1.54, 1.807) is 0 Å². The number of fused-ring (bicyclic) bond motifs is 15. The molecular weight excluding hydrogens is 773 g/mol. The van der Waals surface area contributed by atoms with E-state index in [1.165, 1.54) is 120 Å². The average Bonchev–Trinajstić information content (AvgIpc) is 3.81. The quantitative estimate of drug-likeness (QED) is 0.163. The van der Waals surface area contributed by atoms with E-state index in [0.717, 1.165) is 33.4 Å². The van der Waals surface area contributed by atoms with Gasteiger partial charge in [-0.3, -0.25) is 0 Å². The molecule has 0 fully saturated rings. The molecule has 12 aromatic rings. The minimum Gasteiger partial charge on any atom is -0.192 e. The normalized spacial score (nSPS) is 12.2. The van der Waals surface area contributed by atoms with Gasteiger partial charge in [0.05, 0.1) is 23.3 Å². The molecule has 0 spiro atoms. The summed E-state index contributed by atoms with van der Waals surface area (Å²) in [7, 11) is 0. The van der Waals surface area contributed by atoms with Crippen molar-refractivity contribution in [2.75, 3.05) is 0 Å². The predicted octanol–water partition coefficient (Wildman–Crippen LogP) is 16.7. The first-order valence-electron chi connectivity index (χ1n) is 21.9. The summed E-state index contributed by atoms with van der Waals surface area (Å²) in [6, 6.07) is 67.5. The zero-order chi connectivity index (χ0) is 42.5. The lowest BCUT2D eigenvalue weighted by molar-refractivity contribution is 1.42. The minimum atomic E-state index is 0.658. The summed E-state index contributed by atoms with van der Waals surface area (Å²) in [5, 5.41) is 37.2. The van der Waals surface area contributed by atoms with Crippen LogP contribution in [0, 0.1) is 36.5 Å². The van der Waals surface area contributed by atoms with Crippen molar-refractivity contribution in [3.63, 3.8) is 0 Å². The van der Waals surface area contributed by atoms with Crippen LogP contribution in [0.5, 0.6) is 0 Å². The number of hydrogen-bond acceptors (Lipinski definition) is 2. The van der Waals surface area contributed by atoms with E-state index in [2.05, 4.69) is 172 Å². The molecule has 0 saturated carbocycles. The molecule has 64 heavy (non-hydrogen) atoms. The Hall–Kier alpha value is -8.56. The molecule has 0 bridgehead atoms. The maximum Gasteiger partial charge on any atom is 0.0991 e. The largest absolute Gasteiger partial charge is 0.192 e. The smallest absolute Gasteiger partial charge is 0.0991 e. The Morgan fingerprint density at radius 1 is 0.266 bits per heavy atom. The van der Waals surface area contributed by atoms with Gasteiger partial charge in [0.2, 0.25) is 0 Å². The monoisotopic (exact) mass is 806 g/mol. The highest BCUT2D eigenvalue weighted by Gasteiger charge is 2.28. The lowest BCUT2D eigenvalue weighted by atomic mass is 9.83. The first kappa shape index (κ1) is 35.1. The third kappa shape index (κ3) is 4.56. The van der Waals surface area contributed by atoms with E-state index >= 15 is 0 Å². The van der Waals surface area contributed by atoms with Gasteiger partial charge in [-0.25, -0.2) is 0 Å². The summed E-state index contributed by atoms with van der Waals surface area (Å²) in [6.45, 7) is 4.26. The third-order valence-electron chi connectivity index (χ3n) is 14.6. The van der Waals surface area contributed by atoms with Crippen molar-refractivity contribution >= 4 is 75.4 Å². The van der Waals surface area contributed by atoms with Crippen LogP contribution in [0.3, 0.4) is 0 Å². The van der Waals surface area contributed by atoms with Crippen molar-refractivity contribution in [2.24, 2.45) is 0 Å². The Bertz CT molecular complexity index is 4010. The van der Waals surface area contributed by atoms with Crippen LogP contribution >= 0.6 is 0 Å². The van der Waals surface area contributed by atoms with Gasteiger partial charge in [-0.2, -0.15) is 10.5 Å². The van der Waals surface area contributed by atoms with Gasteiger partial charge in [-0.15, -0.1) is 0 Å². The van der Waals surface area contributed by atoms with Crippen LogP contribution in [0.25, 0.3) is 142 Å². The van der Waals surface area contributed by atoms with E-state index in [9.17, 15) is 10.5 Å². The molecule has 0 aliphatic heterocycles. The van der Waals surface area contributed by atoms with E-state index in [1.807, 2.05) is 24.3 Å². The van der Waals surface area contributed by atoms with Gasteiger partial charge in [0, 0.05) is 0 Å². The molecule has 0 unspecified atom stereocenters. The summed E-state index contributed by atoms with van der Waals surface area (Å²) < 4.78 is 0. The van der Waals surface area contributed by atoms with Gasteiger partial charge in [-0.1, -0.05) is 97.1 Å². The number of nitrogens with zero attached hydrogens (tertiary/aromatic N) is 2. The number of hydrogen-bond donors (Lipinski definition) is 0. The highest BCUT2D eigenvalue weighted by Crippen LogP contribution is 2.55. The van der Waals surface area contributed by atoms with Crippen molar-refractivity contribution in [1.82, 2.24) is 0 Å². The molecule has 12 aromatic carbocycles. The lowest BCUT2D eigenvalue weighted by Crippen LogP contribution is -1.94. The number of benzene rings is 12. The first-order chi connectivity index (χ1) is 31.4. The maximum atomic E-state index is 9.95. The third-order valence-corrected chi connectivity index (χ3v) is 14.6. The molecule has 0 atom stereocenters. The van der Waals surface area contributed by atoms with Crippen molar-refractivity contribution in [3.05, 3.63) is 192 Å². The highest BCUT2D eigenvalue weighted by atomic mass is 14.3.